The highest BCUT2D eigenvalue weighted by Gasteiger charge is 2.47. The molecular formula is C20H22N2O3S. The number of amides is 2. The minimum absolute atomic E-state index is 0.00180. The number of nitrogens with one attached hydrogen (secondary N) is 1. The Morgan fingerprint density at radius 2 is 2.04 bits per heavy atom. The average molecular weight is 370 g/mol. The van der Waals surface area contributed by atoms with Crippen molar-refractivity contribution in [2.24, 2.45) is 5.92 Å². The quantitative estimate of drug-likeness (QED) is 0.879. The first-order valence-electron chi connectivity index (χ1n) is 9.04. The molecule has 1 aromatic heterocycles. The van der Waals surface area contributed by atoms with E-state index in [1.807, 2.05) is 53.6 Å². The molecule has 2 bridgehead atoms. The summed E-state index contributed by atoms with van der Waals surface area (Å²) < 4.78 is 5.43. The van der Waals surface area contributed by atoms with Crippen LogP contribution in [0.25, 0.3) is 0 Å². The lowest BCUT2D eigenvalue weighted by Crippen LogP contribution is -2.47. The molecule has 1 N–H and O–H groups in total. The van der Waals surface area contributed by atoms with Gasteiger partial charge in [0, 0.05) is 24.2 Å². The van der Waals surface area contributed by atoms with E-state index in [0.29, 0.717) is 24.6 Å². The van der Waals surface area contributed by atoms with E-state index in [4.69, 9.17) is 4.74 Å². The second-order valence-electron chi connectivity index (χ2n) is 6.86. The lowest BCUT2D eigenvalue weighted by molar-refractivity contribution is 0.0680. The molecule has 0 spiro atoms. The Morgan fingerprint density at radius 1 is 1.23 bits per heavy atom. The summed E-state index contributed by atoms with van der Waals surface area (Å²) >= 11 is 1.45. The Hall–Kier alpha value is -2.34. The molecule has 4 rings (SSSR count). The Balaban J connectivity index is 1.37. The Morgan fingerprint density at radius 3 is 2.65 bits per heavy atom. The second kappa shape index (κ2) is 7.11. The molecule has 2 amide bonds. The van der Waals surface area contributed by atoms with E-state index in [1.54, 1.807) is 0 Å². The summed E-state index contributed by atoms with van der Waals surface area (Å²) in [5.41, 5.74) is 0.695. The van der Waals surface area contributed by atoms with Gasteiger partial charge in [-0.2, -0.15) is 0 Å². The van der Waals surface area contributed by atoms with Crippen LogP contribution in [0.1, 0.15) is 39.8 Å². The van der Waals surface area contributed by atoms with Crippen LogP contribution < -0.4 is 10.1 Å². The number of carbonyl (C=O) groups excluding carboxylic acids is 2. The molecule has 1 saturated carbocycles. The number of nitrogens with zero attached hydrogens (tertiary/aromatic N) is 1. The number of fused-ring (bicyclic) bond motifs is 2. The number of carbonyl (C=O) groups is 2. The normalized spacial score (nSPS) is 23.9. The molecule has 5 nitrogen and oxygen atoms in total. The van der Waals surface area contributed by atoms with Crippen LogP contribution in [0.3, 0.4) is 0 Å². The molecule has 1 saturated heterocycles. The van der Waals surface area contributed by atoms with Crippen molar-refractivity contribution >= 4 is 23.2 Å². The number of rotatable bonds is 5. The number of hydrogen-bond acceptors (Lipinski definition) is 4. The van der Waals surface area contributed by atoms with E-state index < -0.39 is 0 Å². The standard InChI is InChI=1S/C20H22N2O3S/c1-2-25-16-7-5-13(6-8-16)20(24)22-12-14-10-15(22)11-17(14)21-19(23)18-4-3-9-26-18/h3-9,14-15,17H,2,10-12H2,1H3,(H,21,23). The molecule has 26 heavy (non-hydrogen) atoms. The monoisotopic (exact) mass is 370 g/mol. The van der Waals surface area contributed by atoms with Crippen LogP contribution in [0.2, 0.25) is 0 Å². The van der Waals surface area contributed by atoms with Crippen molar-refractivity contribution in [2.45, 2.75) is 31.8 Å². The molecule has 1 aliphatic heterocycles. The van der Waals surface area contributed by atoms with Crippen LogP contribution in [-0.2, 0) is 0 Å². The third kappa shape index (κ3) is 3.21. The zero-order valence-electron chi connectivity index (χ0n) is 14.7. The number of ether oxygens (including phenoxy) is 1. The van der Waals surface area contributed by atoms with Gasteiger partial charge >= 0.3 is 0 Å². The Bertz CT molecular complexity index is 788. The van der Waals surface area contributed by atoms with E-state index in [0.717, 1.165) is 23.5 Å². The maximum atomic E-state index is 12.8. The predicted octanol–water partition coefficient (Wildman–Crippen LogP) is 3.18. The van der Waals surface area contributed by atoms with Crippen LogP contribution in [0.15, 0.2) is 41.8 Å². The average Bonchev–Trinajstić information content (AvgIpc) is 3.39. The molecule has 0 radical (unpaired) electrons. The lowest BCUT2D eigenvalue weighted by atomic mass is 10.0. The highest BCUT2D eigenvalue weighted by atomic mass is 32.1. The molecule has 1 aromatic carbocycles. The van der Waals surface area contributed by atoms with Gasteiger partial charge < -0.3 is 15.0 Å². The SMILES string of the molecule is CCOc1ccc(C(=O)N2CC3CC2CC3NC(=O)c2cccs2)cc1. The fourth-order valence-corrected chi connectivity index (χ4v) is 4.68. The summed E-state index contributed by atoms with van der Waals surface area (Å²) in [4.78, 5) is 27.8. The number of likely N-dealkylation sites (tertiary alicyclic amines) is 1. The van der Waals surface area contributed by atoms with Gasteiger partial charge in [-0.3, -0.25) is 9.59 Å². The molecule has 6 heteroatoms. The van der Waals surface area contributed by atoms with Gasteiger partial charge in [-0.1, -0.05) is 6.07 Å². The largest absolute Gasteiger partial charge is 0.494 e. The zero-order chi connectivity index (χ0) is 18.1. The smallest absolute Gasteiger partial charge is 0.261 e. The third-order valence-electron chi connectivity index (χ3n) is 5.28. The second-order valence-corrected chi connectivity index (χ2v) is 7.81. The predicted molar refractivity (Wildman–Crippen MR) is 101 cm³/mol. The minimum atomic E-state index is 0.00180. The number of benzene rings is 1. The summed E-state index contributed by atoms with van der Waals surface area (Å²) in [6, 6.07) is 11.5. The minimum Gasteiger partial charge on any atom is -0.494 e. The maximum absolute atomic E-state index is 12.8. The van der Waals surface area contributed by atoms with Crippen LogP contribution >= 0.6 is 11.3 Å². The van der Waals surface area contributed by atoms with E-state index in [2.05, 4.69) is 5.32 Å². The van der Waals surface area contributed by atoms with Crippen molar-refractivity contribution in [2.75, 3.05) is 13.2 Å². The first kappa shape index (κ1) is 17.1. The molecule has 3 atom stereocenters. The topological polar surface area (TPSA) is 58.6 Å². The van der Waals surface area contributed by atoms with Gasteiger partial charge in [0.05, 0.1) is 11.5 Å². The van der Waals surface area contributed by atoms with E-state index in [9.17, 15) is 9.59 Å². The zero-order valence-corrected chi connectivity index (χ0v) is 15.5. The fourth-order valence-electron chi connectivity index (χ4n) is 4.05. The van der Waals surface area contributed by atoms with Crippen molar-refractivity contribution in [1.82, 2.24) is 10.2 Å². The van der Waals surface area contributed by atoms with Crippen molar-refractivity contribution in [3.63, 3.8) is 0 Å². The molecule has 2 aliphatic rings. The van der Waals surface area contributed by atoms with Crippen molar-refractivity contribution < 1.29 is 14.3 Å². The van der Waals surface area contributed by atoms with E-state index >= 15 is 0 Å². The molecule has 1 aliphatic carbocycles. The third-order valence-corrected chi connectivity index (χ3v) is 6.15. The summed E-state index contributed by atoms with van der Waals surface area (Å²) in [7, 11) is 0. The Kier molecular flexibility index (Phi) is 4.68. The van der Waals surface area contributed by atoms with Crippen molar-refractivity contribution in [3.8, 4) is 5.75 Å². The summed E-state index contributed by atoms with van der Waals surface area (Å²) in [6.45, 7) is 3.27. The first-order chi connectivity index (χ1) is 12.7. The summed E-state index contributed by atoms with van der Waals surface area (Å²) in [5, 5.41) is 5.06. The van der Waals surface area contributed by atoms with Crippen LogP contribution in [-0.4, -0.2) is 41.9 Å². The van der Waals surface area contributed by atoms with Gasteiger partial charge in [-0.25, -0.2) is 0 Å². The van der Waals surface area contributed by atoms with E-state index in [1.165, 1.54) is 11.3 Å². The van der Waals surface area contributed by atoms with Gasteiger partial charge in [-0.15, -0.1) is 11.3 Å². The number of thiophene rings is 1. The van der Waals surface area contributed by atoms with Gasteiger partial charge in [0.15, 0.2) is 0 Å². The summed E-state index contributed by atoms with van der Waals surface area (Å²) in [5.74, 6) is 1.20. The first-order valence-corrected chi connectivity index (χ1v) is 9.92. The molecule has 3 unspecified atom stereocenters. The van der Waals surface area contributed by atoms with Gasteiger partial charge in [-0.05, 0) is 61.4 Å². The highest BCUT2D eigenvalue weighted by molar-refractivity contribution is 7.12. The number of hydrogen-bond donors (Lipinski definition) is 1. The molecule has 2 fully saturated rings. The van der Waals surface area contributed by atoms with Crippen molar-refractivity contribution in [1.29, 1.82) is 0 Å². The fraction of sp³-hybridized carbons (Fsp3) is 0.400. The Labute approximate surface area is 157 Å². The molecular weight excluding hydrogens is 348 g/mol. The molecule has 2 aromatic rings. The van der Waals surface area contributed by atoms with Crippen LogP contribution in [0, 0.1) is 5.92 Å². The molecule has 136 valence electrons. The lowest BCUT2D eigenvalue weighted by Gasteiger charge is -2.32. The maximum Gasteiger partial charge on any atom is 0.261 e. The number of piperidine rings is 1. The van der Waals surface area contributed by atoms with E-state index in [-0.39, 0.29) is 23.9 Å². The van der Waals surface area contributed by atoms with Gasteiger partial charge in [0.25, 0.3) is 11.8 Å². The summed E-state index contributed by atoms with van der Waals surface area (Å²) in [6.07, 6.45) is 1.81. The van der Waals surface area contributed by atoms with Crippen molar-refractivity contribution in [3.05, 3.63) is 52.2 Å². The van der Waals surface area contributed by atoms with Gasteiger partial charge in [0.1, 0.15) is 5.75 Å². The molecule has 2 heterocycles. The highest BCUT2D eigenvalue weighted by Crippen LogP contribution is 2.38. The van der Waals surface area contributed by atoms with Crippen LogP contribution in [0.4, 0.5) is 0 Å². The van der Waals surface area contributed by atoms with Gasteiger partial charge in [0.2, 0.25) is 0 Å². The van der Waals surface area contributed by atoms with Crippen LogP contribution in [0.5, 0.6) is 5.75 Å².